The number of ether oxygens (including phenoxy) is 2. The fraction of sp³-hybridized carbons (Fsp3) is 0.286. The molecule has 6 heteroatoms. The van der Waals surface area contributed by atoms with E-state index in [0.717, 1.165) is 16.5 Å². The van der Waals surface area contributed by atoms with Crippen molar-refractivity contribution in [1.29, 1.82) is 0 Å². The van der Waals surface area contributed by atoms with E-state index in [2.05, 4.69) is 10.3 Å². The van der Waals surface area contributed by atoms with Gasteiger partial charge in [-0.1, -0.05) is 18.2 Å². The zero-order chi connectivity index (χ0) is 19.2. The predicted octanol–water partition coefficient (Wildman–Crippen LogP) is 2.37. The lowest BCUT2D eigenvalue weighted by Gasteiger charge is -2.14. The van der Waals surface area contributed by atoms with Gasteiger partial charge in [-0.05, 0) is 42.1 Å². The summed E-state index contributed by atoms with van der Waals surface area (Å²) in [5, 5.41) is 14.2. The lowest BCUT2D eigenvalue weighted by atomic mass is 10.1. The second-order valence-corrected chi connectivity index (χ2v) is 6.49. The normalized spacial score (nSPS) is 12.1. The monoisotopic (exact) mass is 368 g/mol. The second-order valence-electron chi connectivity index (χ2n) is 6.49. The zero-order valence-corrected chi connectivity index (χ0v) is 15.5. The Kier molecular flexibility index (Phi) is 6.11. The number of aliphatic hydroxyl groups is 1. The van der Waals surface area contributed by atoms with Gasteiger partial charge in [0.15, 0.2) is 0 Å². The highest BCUT2D eigenvalue weighted by Crippen LogP contribution is 2.18. The van der Waals surface area contributed by atoms with E-state index < -0.39 is 6.10 Å². The fourth-order valence-electron chi connectivity index (χ4n) is 2.81. The van der Waals surface area contributed by atoms with E-state index in [1.54, 1.807) is 19.2 Å². The van der Waals surface area contributed by atoms with Crippen molar-refractivity contribution in [2.75, 3.05) is 20.3 Å². The Morgan fingerprint density at radius 2 is 1.96 bits per heavy atom. The Bertz CT molecular complexity index is 968. The van der Waals surface area contributed by atoms with Gasteiger partial charge in [0.2, 0.25) is 0 Å². The largest absolute Gasteiger partial charge is 0.497 e. The topological polar surface area (TPSA) is 83.6 Å². The number of benzene rings is 2. The van der Waals surface area contributed by atoms with Gasteiger partial charge in [-0.2, -0.15) is 0 Å². The number of pyridine rings is 1. The summed E-state index contributed by atoms with van der Waals surface area (Å²) in [7, 11) is 1.59. The molecule has 0 radical (unpaired) electrons. The average Bonchev–Trinajstić information content (AvgIpc) is 2.67. The second kappa shape index (κ2) is 8.70. The number of methoxy groups -OCH3 is 1. The van der Waals surface area contributed by atoms with Crippen LogP contribution in [0.15, 0.2) is 53.3 Å². The number of rotatable bonds is 8. The van der Waals surface area contributed by atoms with Crippen molar-refractivity contribution in [2.45, 2.75) is 19.6 Å². The SMILES string of the molecule is COc1cccc(OC[C@@H](O)CNCc2cc3ccc(C)cc3[nH]c2=O)c1. The first-order valence-electron chi connectivity index (χ1n) is 8.83. The van der Waals surface area contributed by atoms with Gasteiger partial charge in [0.05, 0.1) is 7.11 Å². The minimum atomic E-state index is -0.696. The van der Waals surface area contributed by atoms with Crippen molar-refractivity contribution in [3.63, 3.8) is 0 Å². The van der Waals surface area contributed by atoms with Crippen LogP contribution in [0.3, 0.4) is 0 Å². The summed E-state index contributed by atoms with van der Waals surface area (Å²) in [4.78, 5) is 15.1. The number of H-pyrrole nitrogens is 1. The van der Waals surface area contributed by atoms with Crippen molar-refractivity contribution in [2.24, 2.45) is 0 Å². The van der Waals surface area contributed by atoms with E-state index in [9.17, 15) is 9.90 Å². The number of aryl methyl sites for hydroxylation is 1. The first kappa shape index (κ1) is 18.9. The lowest BCUT2D eigenvalue weighted by Crippen LogP contribution is -2.32. The predicted molar refractivity (Wildman–Crippen MR) is 106 cm³/mol. The van der Waals surface area contributed by atoms with Crippen LogP contribution in [0.2, 0.25) is 0 Å². The maximum absolute atomic E-state index is 12.2. The summed E-state index contributed by atoms with van der Waals surface area (Å²) in [6, 6.07) is 15.0. The molecule has 3 rings (SSSR count). The average molecular weight is 368 g/mol. The van der Waals surface area contributed by atoms with Crippen molar-refractivity contribution in [3.8, 4) is 11.5 Å². The summed E-state index contributed by atoms with van der Waals surface area (Å²) < 4.78 is 10.7. The van der Waals surface area contributed by atoms with Crippen molar-refractivity contribution in [1.82, 2.24) is 10.3 Å². The molecule has 1 aromatic heterocycles. The van der Waals surface area contributed by atoms with Crippen LogP contribution in [0.5, 0.6) is 11.5 Å². The Balaban J connectivity index is 1.51. The smallest absolute Gasteiger partial charge is 0.252 e. The van der Waals surface area contributed by atoms with E-state index >= 15 is 0 Å². The minimum absolute atomic E-state index is 0.122. The molecular weight excluding hydrogens is 344 g/mol. The summed E-state index contributed by atoms with van der Waals surface area (Å²) >= 11 is 0. The van der Waals surface area contributed by atoms with Crippen LogP contribution in [-0.2, 0) is 6.54 Å². The highest BCUT2D eigenvalue weighted by molar-refractivity contribution is 5.79. The third-order valence-electron chi connectivity index (χ3n) is 4.26. The van der Waals surface area contributed by atoms with Crippen LogP contribution in [0.4, 0.5) is 0 Å². The van der Waals surface area contributed by atoms with Crippen LogP contribution in [-0.4, -0.2) is 36.5 Å². The van der Waals surface area contributed by atoms with Gasteiger partial charge in [0.25, 0.3) is 5.56 Å². The maximum atomic E-state index is 12.2. The highest BCUT2D eigenvalue weighted by atomic mass is 16.5. The lowest BCUT2D eigenvalue weighted by molar-refractivity contribution is 0.106. The van der Waals surface area contributed by atoms with E-state index in [1.807, 2.05) is 43.3 Å². The molecule has 3 N–H and O–H groups in total. The first-order chi connectivity index (χ1) is 13.0. The molecule has 142 valence electrons. The molecule has 6 nitrogen and oxygen atoms in total. The maximum Gasteiger partial charge on any atom is 0.252 e. The molecule has 0 saturated carbocycles. The van der Waals surface area contributed by atoms with Gasteiger partial charge in [0, 0.05) is 30.2 Å². The number of hydrogen-bond donors (Lipinski definition) is 3. The molecule has 27 heavy (non-hydrogen) atoms. The number of fused-ring (bicyclic) bond motifs is 1. The highest BCUT2D eigenvalue weighted by Gasteiger charge is 2.08. The standard InChI is InChI=1S/C21H24N2O4/c1-14-6-7-15-9-16(21(25)23-20(15)8-14)11-22-12-17(24)13-27-19-5-3-4-18(10-19)26-2/h3-10,17,22,24H,11-13H2,1-2H3,(H,23,25)/t17-/m0/s1. The molecule has 0 aliphatic heterocycles. The first-order valence-corrected chi connectivity index (χ1v) is 8.83. The summed E-state index contributed by atoms with van der Waals surface area (Å²) in [6.07, 6.45) is -0.696. The Labute approximate surface area is 157 Å². The van der Waals surface area contributed by atoms with Crippen LogP contribution in [0.1, 0.15) is 11.1 Å². The van der Waals surface area contributed by atoms with E-state index in [-0.39, 0.29) is 12.2 Å². The van der Waals surface area contributed by atoms with Crippen LogP contribution >= 0.6 is 0 Å². The Hall–Kier alpha value is -2.83. The molecule has 0 spiro atoms. The van der Waals surface area contributed by atoms with Gasteiger partial charge in [-0.25, -0.2) is 0 Å². The fourth-order valence-corrected chi connectivity index (χ4v) is 2.81. The number of aromatic nitrogens is 1. The summed E-state index contributed by atoms with van der Waals surface area (Å²) in [5.74, 6) is 1.33. The molecule has 1 atom stereocenters. The van der Waals surface area contributed by atoms with Crippen LogP contribution < -0.4 is 20.3 Å². The Morgan fingerprint density at radius 1 is 1.15 bits per heavy atom. The van der Waals surface area contributed by atoms with E-state index in [4.69, 9.17) is 9.47 Å². The van der Waals surface area contributed by atoms with Gasteiger partial charge >= 0.3 is 0 Å². The molecule has 0 fully saturated rings. The zero-order valence-electron chi connectivity index (χ0n) is 15.5. The van der Waals surface area contributed by atoms with Crippen molar-refractivity contribution >= 4 is 10.9 Å². The summed E-state index contributed by atoms with van der Waals surface area (Å²) in [6.45, 7) is 2.82. The molecule has 0 amide bonds. The van der Waals surface area contributed by atoms with Gasteiger partial charge in [0.1, 0.15) is 24.2 Å². The molecule has 3 aromatic rings. The van der Waals surface area contributed by atoms with Gasteiger partial charge in [-0.15, -0.1) is 0 Å². The third-order valence-corrected chi connectivity index (χ3v) is 4.26. The summed E-state index contributed by atoms with van der Waals surface area (Å²) in [5.41, 5.74) is 2.44. The minimum Gasteiger partial charge on any atom is -0.497 e. The van der Waals surface area contributed by atoms with Gasteiger partial charge < -0.3 is 24.9 Å². The number of nitrogens with one attached hydrogen (secondary N) is 2. The number of aromatic amines is 1. The van der Waals surface area contributed by atoms with Crippen molar-refractivity contribution in [3.05, 3.63) is 70.0 Å². The van der Waals surface area contributed by atoms with Crippen LogP contribution in [0, 0.1) is 6.92 Å². The molecular formula is C21H24N2O4. The molecule has 0 bridgehead atoms. The Morgan fingerprint density at radius 3 is 2.78 bits per heavy atom. The number of aliphatic hydroxyl groups excluding tert-OH is 1. The number of hydrogen-bond acceptors (Lipinski definition) is 5. The van der Waals surface area contributed by atoms with Gasteiger partial charge in [-0.3, -0.25) is 4.79 Å². The molecule has 1 heterocycles. The quantitative estimate of drug-likeness (QED) is 0.569. The van der Waals surface area contributed by atoms with Crippen molar-refractivity contribution < 1.29 is 14.6 Å². The molecule has 0 aliphatic carbocycles. The molecule has 2 aromatic carbocycles. The molecule has 0 unspecified atom stereocenters. The van der Waals surface area contributed by atoms with E-state index in [1.165, 1.54) is 0 Å². The van der Waals surface area contributed by atoms with E-state index in [0.29, 0.717) is 30.2 Å². The van der Waals surface area contributed by atoms with Crippen LogP contribution in [0.25, 0.3) is 10.9 Å². The molecule has 0 saturated heterocycles. The third kappa shape index (κ3) is 5.09. The molecule has 0 aliphatic rings.